The molecule has 3 atom stereocenters. The maximum absolute atomic E-state index is 13.0. The second-order valence-corrected chi connectivity index (χ2v) is 8.78. The summed E-state index contributed by atoms with van der Waals surface area (Å²) < 4.78 is 5.46. The van der Waals surface area contributed by atoms with Crippen LogP contribution in [0.5, 0.6) is 0 Å². The molecule has 33 heavy (non-hydrogen) atoms. The highest BCUT2D eigenvalue weighted by Gasteiger charge is 2.54. The van der Waals surface area contributed by atoms with E-state index in [0.29, 0.717) is 18.7 Å². The van der Waals surface area contributed by atoms with Crippen LogP contribution in [0.4, 0.5) is 0 Å². The summed E-state index contributed by atoms with van der Waals surface area (Å²) in [5, 5.41) is 0. The number of fused-ring (bicyclic) bond motifs is 1. The maximum Gasteiger partial charge on any atom is 0.255 e. The molecular weight excluding hydrogens is 414 g/mol. The number of ether oxygens (including phenoxy) is 1. The van der Waals surface area contributed by atoms with E-state index in [-0.39, 0.29) is 36.4 Å². The Kier molecular flexibility index (Phi) is 5.68. The lowest BCUT2D eigenvalue weighted by Crippen LogP contribution is -2.73. The van der Waals surface area contributed by atoms with Gasteiger partial charge in [0.1, 0.15) is 6.54 Å². The molecule has 0 radical (unpaired) electrons. The van der Waals surface area contributed by atoms with Gasteiger partial charge in [-0.3, -0.25) is 14.6 Å². The summed E-state index contributed by atoms with van der Waals surface area (Å²) in [7, 11) is 1.67. The molecule has 5 rings (SSSR count). The van der Waals surface area contributed by atoms with Crippen molar-refractivity contribution in [3.8, 4) is 11.1 Å². The first-order valence-electron chi connectivity index (χ1n) is 11.2. The normalized spacial score (nSPS) is 22.0. The number of aromatic nitrogens is 1. The Balaban J connectivity index is 1.41. The zero-order valence-electron chi connectivity index (χ0n) is 18.8. The Bertz CT molecular complexity index is 1160. The number of piperazine rings is 1. The zero-order chi connectivity index (χ0) is 22.9. The first-order chi connectivity index (χ1) is 16.1. The van der Waals surface area contributed by atoms with Crippen LogP contribution in [0, 0.1) is 6.92 Å². The molecule has 2 aliphatic rings. The van der Waals surface area contributed by atoms with E-state index in [1.54, 1.807) is 36.5 Å². The molecule has 6 nitrogen and oxygen atoms in total. The molecule has 2 fully saturated rings. The SMILES string of the molecule is COC[C@H]1C(c2ccc(-c3ccccc3C)cc2)[C@H]2CN(C(=O)c3cccnc3)CC(=O)N21. The second-order valence-electron chi connectivity index (χ2n) is 8.78. The number of aryl methyl sites for hydroxylation is 1. The Morgan fingerprint density at radius 2 is 1.88 bits per heavy atom. The molecule has 1 unspecified atom stereocenters. The van der Waals surface area contributed by atoms with E-state index < -0.39 is 0 Å². The molecule has 1 aromatic heterocycles. The first-order valence-corrected chi connectivity index (χ1v) is 11.2. The zero-order valence-corrected chi connectivity index (χ0v) is 18.8. The fourth-order valence-corrected chi connectivity index (χ4v) is 5.26. The predicted octanol–water partition coefficient (Wildman–Crippen LogP) is 3.52. The topological polar surface area (TPSA) is 62.7 Å². The van der Waals surface area contributed by atoms with Gasteiger partial charge in [-0.25, -0.2) is 0 Å². The van der Waals surface area contributed by atoms with Gasteiger partial charge in [0, 0.05) is 32.0 Å². The van der Waals surface area contributed by atoms with Gasteiger partial charge in [0.15, 0.2) is 0 Å². The summed E-state index contributed by atoms with van der Waals surface area (Å²) in [6.07, 6.45) is 3.19. The minimum Gasteiger partial charge on any atom is -0.383 e. The molecule has 0 N–H and O–H groups in total. The molecule has 2 aliphatic heterocycles. The van der Waals surface area contributed by atoms with Gasteiger partial charge in [0.25, 0.3) is 5.91 Å². The van der Waals surface area contributed by atoms with Crippen LogP contribution in [0.25, 0.3) is 11.1 Å². The van der Waals surface area contributed by atoms with Crippen LogP contribution in [-0.2, 0) is 9.53 Å². The quantitative estimate of drug-likeness (QED) is 0.608. The molecule has 0 aliphatic carbocycles. The second kappa shape index (κ2) is 8.79. The van der Waals surface area contributed by atoms with Gasteiger partial charge in [-0.1, -0.05) is 48.5 Å². The monoisotopic (exact) mass is 441 g/mol. The lowest BCUT2D eigenvalue weighted by molar-refractivity contribution is -0.160. The fourth-order valence-electron chi connectivity index (χ4n) is 5.26. The van der Waals surface area contributed by atoms with E-state index in [2.05, 4.69) is 54.4 Å². The van der Waals surface area contributed by atoms with Crippen LogP contribution in [0.2, 0.25) is 0 Å². The van der Waals surface area contributed by atoms with Gasteiger partial charge in [0.05, 0.1) is 24.3 Å². The predicted molar refractivity (Wildman–Crippen MR) is 126 cm³/mol. The number of pyridine rings is 1. The highest BCUT2D eigenvalue weighted by Crippen LogP contribution is 2.43. The van der Waals surface area contributed by atoms with E-state index in [0.717, 1.165) is 0 Å². The van der Waals surface area contributed by atoms with Crippen molar-refractivity contribution in [1.82, 2.24) is 14.8 Å². The third-order valence-corrected chi connectivity index (χ3v) is 6.85. The van der Waals surface area contributed by atoms with Gasteiger partial charge in [-0.15, -0.1) is 0 Å². The van der Waals surface area contributed by atoms with Crippen molar-refractivity contribution in [2.24, 2.45) is 0 Å². The molecule has 2 aromatic carbocycles. The fraction of sp³-hybridized carbons (Fsp3) is 0.296. The summed E-state index contributed by atoms with van der Waals surface area (Å²) >= 11 is 0. The Labute approximate surface area is 193 Å². The lowest BCUT2D eigenvalue weighted by atomic mass is 9.73. The van der Waals surface area contributed by atoms with Crippen molar-refractivity contribution >= 4 is 11.8 Å². The van der Waals surface area contributed by atoms with Crippen molar-refractivity contribution < 1.29 is 14.3 Å². The van der Waals surface area contributed by atoms with Crippen LogP contribution in [0.15, 0.2) is 73.1 Å². The van der Waals surface area contributed by atoms with Crippen LogP contribution in [0.1, 0.15) is 27.4 Å². The number of methoxy groups -OCH3 is 1. The number of hydrogen-bond acceptors (Lipinski definition) is 4. The highest BCUT2D eigenvalue weighted by molar-refractivity contribution is 5.97. The molecule has 3 heterocycles. The molecule has 3 aromatic rings. The number of carbonyl (C=O) groups excluding carboxylic acids is 2. The number of hydrogen-bond donors (Lipinski definition) is 0. The third kappa shape index (κ3) is 3.80. The van der Waals surface area contributed by atoms with Crippen molar-refractivity contribution in [2.45, 2.75) is 24.9 Å². The van der Waals surface area contributed by atoms with Crippen LogP contribution in [-0.4, -0.2) is 65.5 Å². The molecule has 0 saturated carbocycles. The summed E-state index contributed by atoms with van der Waals surface area (Å²) in [6.45, 7) is 3.18. The van der Waals surface area contributed by atoms with E-state index in [4.69, 9.17) is 4.74 Å². The molecular formula is C27H27N3O3. The van der Waals surface area contributed by atoms with Crippen molar-refractivity contribution in [2.75, 3.05) is 26.8 Å². The number of benzene rings is 2. The van der Waals surface area contributed by atoms with Crippen molar-refractivity contribution in [3.05, 3.63) is 89.7 Å². The van der Waals surface area contributed by atoms with Gasteiger partial charge < -0.3 is 14.5 Å². The highest BCUT2D eigenvalue weighted by atomic mass is 16.5. The minimum absolute atomic E-state index is 0.0209. The summed E-state index contributed by atoms with van der Waals surface area (Å²) in [4.78, 5) is 33.6. The number of amides is 2. The summed E-state index contributed by atoms with van der Waals surface area (Å²) in [5.74, 6) is -0.0671. The minimum atomic E-state index is -0.153. The number of rotatable bonds is 5. The molecule has 6 heteroatoms. The molecule has 2 amide bonds. The molecule has 0 bridgehead atoms. The Morgan fingerprint density at radius 3 is 2.58 bits per heavy atom. The molecule has 168 valence electrons. The largest absolute Gasteiger partial charge is 0.383 e. The first kappa shape index (κ1) is 21.3. The molecule has 2 saturated heterocycles. The summed E-state index contributed by atoms with van der Waals surface area (Å²) in [5.41, 5.74) is 5.29. The average Bonchev–Trinajstić information content (AvgIpc) is 2.83. The molecule has 0 spiro atoms. The lowest BCUT2D eigenvalue weighted by Gasteiger charge is -2.59. The van der Waals surface area contributed by atoms with Gasteiger partial charge in [-0.2, -0.15) is 0 Å². The standard InChI is InChI=1S/C27H27N3O3/c1-18-6-3-4-8-22(18)19-9-11-20(12-10-19)26-23-15-29(27(32)21-7-5-13-28-14-21)16-25(31)30(23)24(26)17-33-2/h3-14,23-24,26H,15-17H2,1-2H3/t23-,24+,26?/m1/s1. The van der Waals surface area contributed by atoms with E-state index >= 15 is 0 Å². The van der Waals surface area contributed by atoms with Gasteiger partial charge in [0.2, 0.25) is 5.91 Å². The van der Waals surface area contributed by atoms with Crippen LogP contribution >= 0.6 is 0 Å². The average molecular weight is 442 g/mol. The number of carbonyl (C=O) groups is 2. The van der Waals surface area contributed by atoms with E-state index in [1.165, 1.54) is 22.3 Å². The summed E-state index contributed by atoms with van der Waals surface area (Å²) in [6, 6.07) is 20.3. The maximum atomic E-state index is 13.0. The Hall–Kier alpha value is -3.51. The van der Waals surface area contributed by atoms with E-state index in [9.17, 15) is 9.59 Å². The third-order valence-electron chi connectivity index (χ3n) is 6.85. The van der Waals surface area contributed by atoms with E-state index in [1.807, 2.05) is 11.0 Å². The Morgan fingerprint density at radius 1 is 1.09 bits per heavy atom. The van der Waals surface area contributed by atoms with Gasteiger partial charge >= 0.3 is 0 Å². The van der Waals surface area contributed by atoms with Crippen molar-refractivity contribution in [3.63, 3.8) is 0 Å². The smallest absolute Gasteiger partial charge is 0.255 e. The number of nitrogens with zero attached hydrogens (tertiary/aromatic N) is 3. The van der Waals surface area contributed by atoms with Crippen molar-refractivity contribution in [1.29, 1.82) is 0 Å². The van der Waals surface area contributed by atoms with Gasteiger partial charge in [-0.05, 0) is 41.3 Å². The van der Waals surface area contributed by atoms with Crippen LogP contribution < -0.4 is 0 Å². The van der Waals surface area contributed by atoms with Crippen LogP contribution in [0.3, 0.4) is 0 Å².